The number of aliphatic hydroxyl groups excluding tert-OH is 2. The van der Waals surface area contributed by atoms with E-state index in [2.05, 4.69) is 56.0 Å². The molecule has 1 amide bonds. The van der Waals surface area contributed by atoms with Crippen molar-refractivity contribution < 1.29 is 31.8 Å². The average molecular weight is 881 g/mol. The highest BCUT2D eigenvalue weighted by molar-refractivity contribution is 7.93. The number of hydrogen-bond donors (Lipinski definition) is 3. The number of carbonyl (C=O) groups excluding carboxylic acids is 1. The topological polar surface area (TPSA) is 177 Å². The third-order valence-electron chi connectivity index (χ3n) is 13.2. The molecule has 2 aromatic carbocycles. The quantitative estimate of drug-likeness (QED) is 0.151. The number of carbonyl (C=O) groups is 1. The zero-order valence-corrected chi connectivity index (χ0v) is 39.0. The van der Waals surface area contributed by atoms with Crippen LogP contribution in [-0.4, -0.2) is 106 Å². The number of benzene rings is 2. The number of piperidine rings is 2. The number of nitrogens with one attached hydrogen (secondary N) is 1. The largest absolute Gasteiger partial charge is 0.395 e. The Balaban J connectivity index is 0.000000185. The summed E-state index contributed by atoms with van der Waals surface area (Å²) in [5, 5.41) is 23.4. The average Bonchev–Trinajstić information content (AvgIpc) is 4.14. The van der Waals surface area contributed by atoms with Gasteiger partial charge in [-0.1, -0.05) is 41.5 Å². The molecule has 4 heterocycles. The number of likely N-dealkylation sites (tertiary alicyclic amines) is 1. The van der Waals surface area contributed by atoms with Crippen molar-refractivity contribution >= 4 is 47.6 Å². The second-order valence-corrected chi connectivity index (χ2v) is 25.6. The Morgan fingerprint density at radius 1 is 0.689 bits per heavy atom. The van der Waals surface area contributed by atoms with Crippen LogP contribution in [0.25, 0.3) is 22.1 Å². The molecule has 8 rings (SSSR count). The third-order valence-corrected chi connectivity index (χ3v) is 18.3. The molecule has 2 aliphatic carbocycles. The number of fused-ring (bicyclic) bond motifs is 2. The second kappa shape index (κ2) is 17.0. The standard InChI is InChI=1S/C24H35N3O4S.C22H33N3O3S/c1-17(29)26-11-9-24(16-28,10-12-26)32(30,31)19-7-8-21-20(13-19)25-22(14-23(2,3)4)27(21)15-18-5-6-18;1-21(2,3)13-20-24-18-12-17(6-7-19(18)25(20)14-16-4-5-16)29(27,28)22(15-26)8-10-23-11-9-22/h7-8,13,18,28H,5-6,9-12,14-16H2,1-4H3;6-7,12,16,23,26H,4-5,8-11,13-15H2,1-3H3. The van der Waals surface area contributed by atoms with Gasteiger partial charge in [-0.15, -0.1) is 0 Å². The summed E-state index contributed by atoms with van der Waals surface area (Å²) in [6.45, 7) is 17.6. The van der Waals surface area contributed by atoms with Crippen LogP contribution in [0.2, 0.25) is 0 Å². The third kappa shape index (κ3) is 9.61. The number of hydrogen-bond acceptors (Lipinski definition) is 10. The Morgan fingerprint density at radius 2 is 1.08 bits per heavy atom. The van der Waals surface area contributed by atoms with Crippen molar-refractivity contribution in [1.29, 1.82) is 0 Å². The molecule has 2 aromatic heterocycles. The predicted molar refractivity (Wildman–Crippen MR) is 239 cm³/mol. The lowest BCUT2D eigenvalue weighted by Crippen LogP contribution is -2.52. The van der Waals surface area contributed by atoms with Gasteiger partial charge in [-0.3, -0.25) is 4.79 Å². The fourth-order valence-corrected chi connectivity index (χ4v) is 12.9. The molecule has 61 heavy (non-hydrogen) atoms. The van der Waals surface area contributed by atoms with Crippen LogP contribution in [0, 0.1) is 22.7 Å². The molecule has 0 bridgehead atoms. The van der Waals surface area contributed by atoms with E-state index in [1.807, 2.05) is 12.1 Å². The predicted octanol–water partition coefficient (Wildman–Crippen LogP) is 6.11. The van der Waals surface area contributed by atoms with Crippen molar-refractivity contribution in [3.8, 4) is 0 Å². The number of nitrogens with zero attached hydrogens (tertiary/aromatic N) is 5. The Kier molecular flexibility index (Phi) is 12.7. The molecule has 4 aromatic rings. The van der Waals surface area contributed by atoms with Crippen LogP contribution in [0.5, 0.6) is 0 Å². The maximum Gasteiger partial charge on any atom is 0.219 e. The van der Waals surface area contributed by atoms with Crippen molar-refractivity contribution in [2.24, 2.45) is 22.7 Å². The molecular weight excluding hydrogens is 813 g/mol. The van der Waals surface area contributed by atoms with Crippen molar-refractivity contribution in [2.45, 2.75) is 145 Å². The maximum atomic E-state index is 13.7. The molecule has 0 radical (unpaired) electrons. The lowest BCUT2D eigenvalue weighted by molar-refractivity contribution is -0.130. The van der Waals surface area contributed by atoms with E-state index in [0.29, 0.717) is 56.4 Å². The number of amides is 1. The molecule has 2 saturated heterocycles. The molecule has 0 spiro atoms. The molecule has 4 fully saturated rings. The molecule has 2 aliphatic heterocycles. The van der Waals surface area contributed by atoms with E-state index in [4.69, 9.17) is 9.97 Å². The maximum absolute atomic E-state index is 13.7. The number of imidazole rings is 2. The molecule has 15 heteroatoms. The summed E-state index contributed by atoms with van der Waals surface area (Å²) in [6.07, 6.45) is 7.96. The molecule has 336 valence electrons. The molecular formula is C46H68N6O7S2. The summed E-state index contributed by atoms with van der Waals surface area (Å²) in [5.74, 6) is 3.36. The van der Waals surface area contributed by atoms with Gasteiger partial charge in [0.1, 0.15) is 21.1 Å². The van der Waals surface area contributed by atoms with E-state index in [1.54, 1.807) is 29.2 Å². The van der Waals surface area contributed by atoms with E-state index in [-0.39, 0.29) is 46.0 Å². The van der Waals surface area contributed by atoms with Gasteiger partial charge < -0.3 is 29.6 Å². The van der Waals surface area contributed by atoms with Gasteiger partial charge in [0.05, 0.1) is 45.1 Å². The monoisotopic (exact) mass is 880 g/mol. The van der Waals surface area contributed by atoms with E-state index >= 15 is 0 Å². The molecule has 13 nitrogen and oxygen atoms in total. The normalized spacial score (nSPS) is 19.9. The van der Waals surface area contributed by atoms with Crippen molar-refractivity contribution in [3.05, 3.63) is 48.0 Å². The van der Waals surface area contributed by atoms with Crippen LogP contribution in [0.15, 0.2) is 46.2 Å². The van der Waals surface area contributed by atoms with E-state index < -0.39 is 35.8 Å². The lowest BCUT2D eigenvalue weighted by atomic mass is 9.92. The minimum absolute atomic E-state index is 0.0667. The first kappa shape index (κ1) is 45.6. The summed E-state index contributed by atoms with van der Waals surface area (Å²) in [7, 11) is -7.45. The van der Waals surface area contributed by atoms with E-state index in [9.17, 15) is 31.8 Å². The highest BCUT2D eigenvalue weighted by Gasteiger charge is 2.48. The fraction of sp³-hybridized carbons (Fsp3) is 0.674. The fourth-order valence-electron chi connectivity index (χ4n) is 9.03. The summed E-state index contributed by atoms with van der Waals surface area (Å²) in [6, 6.07) is 10.6. The summed E-state index contributed by atoms with van der Waals surface area (Å²) in [4.78, 5) is 23.5. The zero-order valence-electron chi connectivity index (χ0n) is 37.3. The van der Waals surface area contributed by atoms with Crippen molar-refractivity contribution in [2.75, 3.05) is 39.4 Å². The van der Waals surface area contributed by atoms with E-state index in [0.717, 1.165) is 54.1 Å². The van der Waals surface area contributed by atoms with Crippen LogP contribution in [0.4, 0.5) is 0 Å². The summed E-state index contributed by atoms with van der Waals surface area (Å²) >= 11 is 0. The minimum Gasteiger partial charge on any atom is -0.395 e. The van der Waals surface area contributed by atoms with Gasteiger partial charge in [0.25, 0.3) is 0 Å². The van der Waals surface area contributed by atoms with Crippen LogP contribution in [0.3, 0.4) is 0 Å². The Morgan fingerprint density at radius 3 is 1.43 bits per heavy atom. The molecule has 3 N–H and O–H groups in total. The highest BCUT2D eigenvalue weighted by Crippen LogP contribution is 2.40. The number of aromatic nitrogens is 4. The Hall–Kier alpha value is -3.37. The molecule has 4 aliphatic rings. The molecule has 2 saturated carbocycles. The first-order valence-electron chi connectivity index (χ1n) is 22.3. The van der Waals surface area contributed by atoms with Gasteiger partial charge in [-0.25, -0.2) is 26.8 Å². The SMILES string of the molecule is CC(=O)N1CCC(CO)(S(=O)(=O)c2ccc3c(c2)nc(CC(C)(C)C)n3CC2CC2)CC1.CC(C)(C)Cc1nc2cc(S(=O)(=O)C3(CO)CCNCC3)ccc2n1CC1CC1. The number of aliphatic hydroxyl groups is 2. The van der Waals surface area contributed by atoms with Gasteiger partial charge in [-0.05, 0) is 124 Å². The summed E-state index contributed by atoms with van der Waals surface area (Å²) in [5.41, 5.74) is 3.60. The van der Waals surface area contributed by atoms with Gasteiger partial charge >= 0.3 is 0 Å². The first-order chi connectivity index (χ1) is 28.6. The van der Waals surface area contributed by atoms with Gasteiger partial charge in [0.15, 0.2) is 19.7 Å². The zero-order chi connectivity index (χ0) is 44.2. The van der Waals surface area contributed by atoms with Gasteiger partial charge in [0.2, 0.25) is 5.91 Å². The van der Waals surface area contributed by atoms with Crippen LogP contribution >= 0.6 is 0 Å². The van der Waals surface area contributed by atoms with Crippen LogP contribution < -0.4 is 5.32 Å². The van der Waals surface area contributed by atoms with Crippen LogP contribution in [0.1, 0.15) is 111 Å². The van der Waals surface area contributed by atoms with Crippen LogP contribution in [-0.2, 0) is 50.4 Å². The Bertz CT molecular complexity index is 2460. The second-order valence-electron chi connectivity index (χ2n) is 20.9. The molecule has 0 atom stereocenters. The first-order valence-corrected chi connectivity index (χ1v) is 25.2. The number of sulfone groups is 2. The number of rotatable bonds is 12. The smallest absolute Gasteiger partial charge is 0.219 e. The van der Waals surface area contributed by atoms with Crippen molar-refractivity contribution in [3.63, 3.8) is 0 Å². The summed E-state index contributed by atoms with van der Waals surface area (Å²) < 4.78 is 56.5. The minimum atomic E-state index is -3.80. The lowest BCUT2D eigenvalue weighted by Gasteiger charge is -2.39. The van der Waals surface area contributed by atoms with E-state index in [1.165, 1.54) is 32.6 Å². The highest BCUT2D eigenvalue weighted by atomic mass is 32.2. The molecule has 0 unspecified atom stereocenters. The van der Waals surface area contributed by atoms with Gasteiger partial charge in [0, 0.05) is 45.9 Å². The van der Waals surface area contributed by atoms with Gasteiger partial charge in [-0.2, -0.15) is 0 Å². The Labute approximate surface area is 362 Å². The van der Waals surface area contributed by atoms with Crippen molar-refractivity contribution in [1.82, 2.24) is 29.3 Å².